The van der Waals surface area contributed by atoms with Crippen molar-refractivity contribution in [2.24, 2.45) is 10.9 Å². The highest BCUT2D eigenvalue weighted by Crippen LogP contribution is 2.20. The molecule has 1 heterocycles. The van der Waals surface area contributed by atoms with E-state index in [0.29, 0.717) is 25.3 Å². The number of carbonyl (C=O) groups excluding carboxylic acids is 2. The third-order valence-electron chi connectivity index (χ3n) is 4.28. The first kappa shape index (κ1) is 20.3. The van der Waals surface area contributed by atoms with Crippen LogP contribution in [-0.4, -0.2) is 63.1 Å². The molecule has 0 unspecified atom stereocenters. The predicted molar refractivity (Wildman–Crippen MR) is 94.8 cm³/mol. The van der Waals surface area contributed by atoms with Gasteiger partial charge >= 0.3 is 5.97 Å². The average Bonchev–Trinajstić information content (AvgIpc) is 2.60. The lowest BCUT2D eigenvalue weighted by Crippen LogP contribution is -2.46. The Morgan fingerprint density at radius 2 is 1.96 bits per heavy atom. The molecule has 0 saturated carbocycles. The summed E-state index contributed by atoms with van der Waals surface area (Å²) in [5, 5.41) is 6.03. The van der Waals surface area contributed by atoms with Crippen molar-refractivity contribution in [2.45, 2.75) is 45.4 Å². The van der Waals surface area contributed by atoms with Crippen molar-refractivity contribution in [3.63, 3.8) is 0 Å². The zero-order valence-electron chi connectivity index (χ0n) is 15.3. The quantitative estimate of drug-likeness (QED) is 0.300. The number of carbonyl (C=O) groups is 2. The monoisotopic (exact) mass is 340 g/mol. The number of hydrogen-bond donors (Lipinski definition) is 2. The van der Waals surface area contributed by atoms with E-state index >= 15 is 0 Å². The van der Waals surface area contributed by atoms with Crippen LogP contribution in [0.15, 0.2) is 4.99 Å². The maximum atomic E-state index is 11.5. The molecular formula is C17H32N4O3. The van der Waals surface area contributed by atoms with Gasteiger partial charge in [-0.25, -0.2) is 0 Å². The molecule has 0 atom stereocenters. The SMILES string of the molecule is CCNC(=NCCCCC(=O)OC)N1CCC(CC(=O)NC)CC1. The van der Waals surface area contributed by atoms with Gasteiger partial charge in [0.05, 0.1) is 7.11 Å². The van der Waals surface area contributed by atoms with Crippen molar-refractivity contribution in [3.05, 3.63) is 0 Å². The lowest BCUT2D eigenvalue weighted by atomic mass is 9.93. The van der Waals surface area contributed by atoms with Crippen molar-refractivity contribution in [3.8, 4) is 0 Å². The second-order valence-corrected chi connectivity index (χ2v) is 6.08. The maximum absolute atomic E-state index is 11.5. The molecule has 7 nitrogen and oxygen atoms in total. The summed E-state index contributed by atoms with van der Waals surface area (Å²) in [5.74, 6) is 1.36. The van der Waals surface area contributed by atoms with Crippen molar-refractivity contribution in [1.82, 2.24) is 15.5 Å². The molecule has 1 amide bonds. The number of piperidine rings is 1. The van der Waals surface area contributed by atoms with Crippen LogP contribution in [0.25, 0.3) is 0 Å². The fraction of sp³-hybridized carbons (Fsp3) is 0.824. The standard InChI is InChI=1S/C17H32N4O3/c1-4-19-17(20-10-6-5-7-16(23)24-3)21-11-8-14(9-12-21)13-15(22)18-2/h14H,4-13H2,1-3H3,(H,18,22)(H,19,20). The molecule has 0 aromatic rings. The lowest BCUT2D eigenvalue weighted by Gasteiger charge is -2.34. The molecule has 0 aromatic carbocycles. The smallest absolute Gasteiger partial charge is 0.305 e. The van der Waals surface area contributed by atoms with Crippen LogP contribution in [0.5, 0.6) is 0 Å². The summed E-state index contributed by atoms with van der Waals surface area (Å²) in [5.41, 5.74) is 0. The molecule has 1 saturated heterocycles. The van der Waals surface area contributed by atoms with E-state index in [1.807, 2.05) is 0 Å². The number of nitrogens with zero attached hydrogens (tertiary/aromatic N) is 2. The first-order valence-electron chi connectivity index (χ1n) is 8.91. The van der Waals surface area contributed by atoms with E-state index < -0.39 is 0 Å². The Labute approximate surface area is 145 Å². The molecule has 1 fully saturated rings. The van der Waals surface area contributed by atoms with Crippen LogP contribution in [0.2, 0.25) is 0 Å². The Morgan fingerprint density at radius 1 is 1.25 bits per heavy atom. The first-order valence-corrected chi connectivity index (χ1v) is 8.91. The van der Waals surface area contributed by atoms with Gasteiger partial charge in [-0.3, -0.25) is 14.6 Å². The highest BCUT2D eigenvalue weighted by molar-refractivity contribution is 5.80. The minimum Gasteiger partial charge on any atom is -0.469 e. The van der Waals surface area contributed by atoms with E-state index in [-0.39, 0.29) is 11.9 Å². The summed E-state index contributed by atoms with van der Waals surface area (Å²) in [4.78, 5) is 29.5. The number of rotatable bonds is 8. The molecule has 0 bridgehead atoms. The van der Waals surface area contributed by atoms with Crippen LogP contribution in [0.1, 0.15) is 45.4 Å². The highest BCUT2D eigenvalue weighted by Gasteiger charge is 2.22. The van der Waals surface area contributed by atoms with E-state index in [4.69, 9.17) is 0 Å². The van der Waals surface area contributed by atoms with E-state index in [1.54, 1.807) is 7.05 Å². The third-order valence-corrected chi connectivity index (χ3v) is 4.28. The second-order valence-electron chi connectivity index (χ2n) is 6.08. The lowest BCUT2D eigenvalue weighted by molar-refractivity contribution is -0.140. The van der Waals surface area contributed by atoms with E-state index in [2.05, 4.69) is 32.2 Å². The van der Waals surface area contributed by atoms with Crippen LogP contribution in [0.4, 0.5) is 0 Å². The van der Waals surface area contributed by atoms with Gasteiger partial charge in [0.2, 0.25) is 5.91 Å². The Bertz CT molecular complexity index is 418. The Balaban J connectivity index is 2.38. The fourth-order valence-corrected chi connectivity index (χ4v) is 2.81. The molecule has 1 aliphatic heterocycles. The molecule has 24 heavy (non-hydrogen) atoms. The Hall–Kier alpha value is -1.79. The highest BCUT2D eigenvalue weighted by atomic mass is 16.5. The zero-order chi connectivity index (χ0) is 17.8. The number of amides is 1. The van der Waals surface area contributed by atoms with Crippen LogP contribution < -0.4 is 10.6 Å². The molecule has 0 aromatic heterocycles. The molecule has 138 valence electrons. The van der Waals surface area contributed by atoms with Gasteiger partial charge < -0.3 is 20.3 Å². The van der Waals surface area contributed by atoms with Gasteiger partial charge in [0.15, 0.2) is 5.96 Å². The average molecular weight is 340 g/mol. The first-order chi connectivity index (χ1) is 11.6. The zero-order valence-corrected chi connectivity index (χ0v) is 15.3. The summed E-state index contributed by atoms with van der Waals surface area (Å²) < 4.78 is 4.63. The number of ether oxygens (including phenoxy) is 1. The van der Waals surface area contributed by atoms with Gasteiger partial charge in [0.1, 0.15) is 0 Å². The Morgan fingerprint density at radius 3 is 2.54 bits per heavy atom. The van der Waals surface area contributed by atoms with Crippen molar-refractivity contribution >= 4 is 17.8 Å². The largest absolute Gasteiger partial charge is 0.469 e. The number of likely N-dealkylation sites (tertiary alicyclic amines) is 1. The number of guanidine groups is 1. The molecule has 0 aliphatic carbocycles. The van der Waals surface area contributed by atoms with E-state index in [9.17, 15) is 9.59 Å². The van der Waals surface area contributed by atoms with Gasteiger partial charge in [0, 0.05) is 46.1 Å². The van der Waals surface area contributed by atoms with E-state index in [0.717, 1.165) is 51.3 Å². The van der Waals surface area contributed by atoms with Crippen LogP contribution in [-0.2, 0) is 14.3 Å². The normalized spacial score (nSPS) is 16.0. The number of methoxy groups -OCH3 is 1. The minimum atomic E-state index is -0.163. The van der Waals surface area contributed by atoms with Crippen molar-refractivity contribution in [1.29, 1.82) is 0 Å². The van der Waals surface area contributed by atoms with Gasteiger partial charge in [-0.15, -0.1) is 0 Å². The molecule has 0 radical (unpaired) electrons. The molecule has 2 N–H and O–H groups in total. The number of unbranched alkanes of at least 4 members (excludes halogenated alkanes) is 1. The fourth-order valence-electron chi connectivity index (χ4n) is 2.81. The maximum Gasteiger partial charge on any atom is 0.305 e. The van der Waals surface area contributed by atoms with Crippen LogP contribution in [0, 0.1) is 5.92 Å². The summed E-state index contributed by atoms with van der Waals surface area (Å²) in [6.45, 7) is 5.45. The summed E-state index contributed by atoms with van der Waals surface area (Å²) >= 11 is 0. The third kappa shape index (κ3) is 7.66. The molecule has 7 heteroatoms. The van der Waals surface area contributed by atoms with Gasteiger partial charge in [-0.2, -0.15) is 0 Å². The Kier molecular flexibility index (Phi) is 9.88. The number of hydrogen-bond acceptors (Lipinski definition) is 4. The summed E-state index contributed by atoms with van der Waals surface area (Å²) in [6, 6.07) is 0. The molecular weight excluding hydrogens is 308 g/mol. The van der Waals surface area contributed by atoms with Crippen molar-refractivity contribution < 1.29 is 14.3 Å². The molecule has 1 aliphatic rings. The summed E-state index contributed by atoms with van der Waals surface area (Å²) in [6.07, 6.45) is 4.76. The second kappa shape index (κ2) is 11.7. The summed E-state index contributed by atoms with van der Waals surface area (Å²) in [7, 11) is 3.10. The van der Waals surface area contributed by atoms with Gasteiger partial charge in [-0.05, 0) is 38.5 Å². The van der Waals surface area contributed by atoms with E-state index in [1.165, 1.54) is 7.11 Å². The van der Waals surface area contributed by atoms with Crippen LogP contribution >= 0.6 is 0 Å². The number of aliphatic imine (C=N–C) groups is 1. The van der Waals surface area contributed by atoms with Gasteiger partial charge in [-0.1, -0.05) is 0 Å². The predicted octanol–water partition coefficient (Wildman–Crippen LogP) is 1.14. The molecule has 1 rings (SSSR count). The molecule has 0 spiro atoms. The van der Waals surface area contributed by atoms with Crippen molar-refractivity contribution in [2.75, 3.05) is 40.3 Å². The number of nitrogens with one attached hydrogen (secondary N) is 2. The number of esters is 1. The minimum absolute atomic E-state index is 0.125. The topological polar surface area (TPSA) is 83.0 Å². The van der Waals surface area contributed by atoms with Crippen LogP contribution in [0.3, 0.4) is 0 Å². The van der Waals surface area contributed by atoms with Gasteiger partial charge in [0.25, 0.3) is 0 Å².